The summed E-state index contributed by atoms with van der Waals surface area (Å²) < 4.78 is 27.7. The molecule has 0 aromatic heterocycles. The monoisotopic (exact) mass is 734 g/mol. The van der Waals surface area contributed by atoms with Crippen LogP contribution < -0.4 is 4.89 Å². The second-order valence-corrected chi connectivity index (χ2v) is 16.7. The van der Waals surface area contributed by atoms with Crippen molar-refractivity contribution in [3.8, 4) is 0 Å². The lowest BCUT2D eigenvalue weighted by molar-refractivity contribution is -0.897. The van der Waals surface area contributed by atoms with Crippen molar-refractivity contribution in [2.45, 2.75) is 212 Å². The van der Waals surface area contributed by atoms with Crippen molar-refractivity contribution in [2.75, 3.05) is 34.4 Å². The molecule has 3 unspecified atom stereocenters. The molecular weight excluding hydrogens is 653 g/mol. The van der Waals surface area contributed by atoms with Crippen LogP contribution in [0.1, 0.15) is 200 Å². The molecule has 0 saturated carbocycles. The van der Waals surface area contributed by atoms with Crippen LogP contribution in [-0.2, 0) is 28.2 Å². The molecule has 0 aliphatic heterocycles. The Kier molecular flexibility index (Phi) is 32.0. The summed E-state index contributed by atoms with van der Waals surface area (Å²) in [4.78, 5) is 45.9. The van der Waals surface area contributed by atoms with Gasteiger partial charge in [0.2, 0.25) is 0 Å². The van der Waals surface area contributed by atoms with E-state index in [2.05, 4.69) is 13.8 Å². The number of unbranched alkanes of at least 4 members (excludes halogenated alkanes) is 24. The Hall–Kier alpha value is -0.990. The predicted molar refractivity (Wildman–Crippen MR) is 204 cm³/mol. The number of quaternary nitrogens is 1. The summed E-state index contributed by atoms with van der Waals surface area (Å²) in [6.07, 6.45) is 32.0. The highest BCUT2D eigenvalue weighted by Crippen LogP contribution is 2.32. The zero-order valence-electron chi connectivity index (χ0n) is 33.3. The summed E-state index contributed by atoms with van der Waals surface area (Å²) >= 11 is 0. The molecule has 9 nitrogen and oxygen atoms in total. The lowest BCUT2D eigenvalue weighted by Crippen LogP contribution is -2.50. The zero-order chi connectivity index (χ0) is 37.4. The average molecular weight is 734 g/mol. The maximum Gasteiger partial charge on any atom is 0.306 e. The Bertz CT molecular complexity index is 844. The third-order valence-corrected chi connectivity index (χ3v) is 10.2. The fraction of sp³-hybridized carbons (Fsp3) is 0.950. The van der Waals surface area contributed by atoms with E-state index in [-0.39, 0.29) is 31.6 Å². The molecule has 0 radical (unpaired) electrons. The van der Waals surface area contributed by atoms with Gasteiger partial charge in [-0.3, -0.25) is 14.2 Å². The van der Waals surface area contributed by atoms with E-state index >= 15 is 0 Å². The van der Waals surface area contributed by atoms with E-state index in [1.807, 2.05) is 21.1 Å². The van der Waals surface area contributed by atoms with Gasteiger partial charge in [-0.15, -0.1) is 0 Å². The van der Waals surface area contributed by atoms with Crippen molar-refractivity contribution in [3.05, 3.63) is 0 Å². The van der Waals surface area contributed by atoms with Gasteiger partial charge in [-0.05, 0) is 12.8 Å². The van der Waals surface area contributed by atoms with Crippen LogP contribution in [0.3, 0.4) is 0 Å². The number of ether oxygens (including phenoxy) is 2. The van der Waals surface area contributed by atoms with E-state index in [4.69, 9.17) is 14.0 Å². The van der Waals surface area contributed by atoms with Gasteiger partial charge in [-0.25, -0.2) is 0 Å². The van der Waals surface area contributed by atoms with E-state index in [1.165, 1.54) is 128 Å². The van der Waals surface area contributed by atoms with Gasteiger partial charge in [0.05, 0.1) is 21.1 Å². The standard InChI is InChI=1S/C40H80NO8P/c1-6-8-10-12-14-16-18-20-22-24-26-28-30-32-39(42)47-36-38(34-37(41(3,4)5)35-48-50(44,45)46)49-40(43)33-31-29-27-25-23-21-19-17-15-13-11-9-7-2/h37-38H,6-36H2,1-5H3,(H-,44,45,46). The Morgan fingerprint density at radius 2 is 0.920 bits per heavy atom. The third-order valence-electron chi connectivity index (χ3n) is 9.76. The van der Waals surface area contributed by atoms with E-state index < -0.39 is 20.0 Å². The molecule has 0 heterocycles. The van der Waals surface area contributed by atoms with Crippen LogP contribution in [0, 0.1) is 0 Å². The molecule has 0 bridgehead atoms. The first-order valence-electron chi connectivity index (χ1n) is 20.7. The molecule has 0 aliphatic carbocycles. The Balaban J connectivity index is 4.52. The Labute approximate surface area is 308 Å². The second-order valence-electron chi connectivity index (χ2n) is 15.6. The molecule has 0 saturated heterocycles. The minimum atomic E-state index is -4.92. The maximum absolute atomic E-state index is 12.8. The van der Waals surface area contributed by atoms with E-state index in [0.29, 0.717) is 17.3 Å². The second kappa shape index (κ2) is 32.6. The summed E-state index contributed by atoms with van der Waals surface area (Å²) in [7, 11) is 0.692. The number of carbonyl (C=O) groups excluding carboxylic acids is 2. The smallest absolute Gasteiger partial charge is 0.306 e. The summed E-state index contributed by atoms with van der Waals surface area (Å²) in [5, 5.41) is 0. The van der Waals surface area contributed by atoms with Crippen molar-refractivity contribution in [1.82, 2.24) is 0 Å². The van der Waals surface area contributed by atoms with Gasteiger partial charge >= 0.3 is 11.9 Å². The minimum absolute atomic E-state index is 0.0910. The first-order chi connectivity index (χ1) is 23.9. The van der Waals surface area contributed by atoms with Crippen molar-refractivity contribution >= 4 is 19.8 Å². The van der Waals surface area contributed by atoms with E-state index in [9.17, 15) is 23.9 Å². The molecule has 0 fully saturated rings. The Morgan fingerprint density at radius 3 is 1.26 bits per heavy atom. The van der Waals surface area contributed by atoms with Crippen molar-refractivity contribution in [1.29, 1.82) is 0 Å². The molecule has 0 aromatic carbocycles. The molecule has 0 aromatic rings. The zero-order valence-corrected chi connectivity index (χ0v) is 34.2. The van der Waals surface area contributed by atoms with Gasteiger partial charge in [0.15, 0.2) is 0 Å². The van der Waals surface area contributed by atoms with Gasteiger partial charge in [-0.2, -0.15) is 0 Å². The highest BCUT2D eigenvalue weighted by Gasteiger charge is 2.31. The SMILES string of the molecule is CCCCCCCCCCCCCCCC(=O)OCC(CC(COP(=O)([O-])O)[N+](C)(C)C)OC(=O)CCCCCCCCCCCCCCC. The van der Waals surface area contributed by atoms with Crippen molar-refractivity contribution < 1.29 is 42.4 Å². The first-order valence-corrected chi connectivity index (χ1v) is 22.2. The molecule has 10 heteroatoms. The molecule has 0 spiro atoms. The van der Waals surface area contributed by atoms with Crippen LogP contribution in [0.15, 0.2) is 0 Å². The number of likely N-dealkylation sites (N-methyl/N-ethyl adjacent to an activating group) is 1. The minimum Gasteiger partial charge on any atom is -0.756 e. The fourth-order valence-electron chi connectivity index (χ4n) is 6.32. The van der Waals surface area contributed by atoms with E-state index in [0.717, 1.165) is 38.5 Å². The Morgan fingerprint density at radius 1 is 0.580 bits per heavy atom. The van der Waals surface area contributed by atoms with Gasteiger partial charge in [0.1, 0.15) is 25.4 Å². The number of hydrogen-bond donors (Lipinski definition) is 1. The van der Waals surface area contributed by atoms with Crippen LogP contribution in [0.25, 0.3) is 0 Å². The van der Waals surface area contributed by atoms with Gasteiger partial charge in [-0.1, -0.05) is 168 Å². The number of phosphoric ester groups is 1. The quantitative estimate of drug-likeness (QED) is 0.0290. The van der Waals surface area contributed by atoms with Gasteiger partial charge in [0.25, 0.3) is 7.82 Å². The summed E-state index contributed by atoms with van der Waals surface area (Å²) in [5.74, 6) is -0.661. The van der Waals surface area contributed by atoms with Crippen molar-refractivity contribution in [3.63, 3.8) is 0 Å². The molecule has 0 rings (SSSR count). The fourth-order valence-corrected chi connectivity index (χ4v) is 6.68. The van der Waals surface area contributed by atoms with Gasteiger partial charge < -0.3 is 28.3 Å². The van der Waals surface area contributed by atoms with Crippen LogP contribution in [-0.4, -0.2) is 67.8 Å². The maximum atomic E-state index is 12.8. The number of nitrogens with zero attached hydrogens (tertiary/aromatic N) is 1. The number of phosphoric acid groups is 1. The summed E-state index contributed by atoms with van der Waals surface area (Å²) in [6, 6.07) is -0.432. The number of esters is 2. The molecule has 0 amide bonds. The van der Waals surface area contributed by atoms with Crippen LogP contribution in [0.2, 0.25) is 0 Å². The van der Waals surface area contributed by atoms with E-state index in [1.54, 1.807) is 0 Å². The summed E-state index contributed by atoms with van der Waals surface area (Å²) in [5.41, 5.74) is 0. The highest BCUT2D eigenvalue weighted by molar-refractivity contribution is 7.44. The number of hydrogen-bond acceptors (Lipinski definition) is 7. The highest BCUT2D eigenvalue weighted by atomic mass is 31.2. The lowest BCUT2D eigenvalue weighted by atomic mass is 10.0. The largest absolute Gasteiger partial charge is 0.756 e. The summed E-state index contributed by atoms with van der Waals surface area (Å²) in [6.45, 7) is 4.13. The van der Waals surface area contributed by atoms with Gasteiger partial charge in [0, 0.05) is 19.3 Å². The first kappa shape index (κ1) is 49.0. The molecule has 50 heavy (non-hydrogen) atoms. The average Bonchev–Trinajstić information content (AvgIpc) is 3.05. The third kappa shape index (κ3) is 34.1. The number of rotatable bonds is 37. The predicted octanol–water partition coefficient (Wildman–Crippen LogP) is 10.3. The van der Waals surface area contributed by atoms with Crippen molar-refractivity contribution in [2.24, 2.45) is 0 Å². The number of carbonyl (C=O) groups is 2. The van der Waals surface area contributed by atoms with Crippen LogP contribution in [0.4, 0.5) is 0 Å². The molecule has 298 valence electrons. The van der Waals surface area contributed by atoms with Crippen LogP contribution in [0.5, 0.6) is 0 Å². The molecule has 0 aliphatic rings. The molecule has 3 atom stereocenters. The topological polar surface area (TPSA) is 122 Å². The normalized spacial score (nSPS) is 14.3. The van der Waals surface area contributed by atoms with Crippen LogP contribution >= 0.6 is 7.82 Å². The molecule has 1 N–H and O–H groups in total. The molecular formula is C40H80NO8P. The lowest BCUT2D eigenvalue weighted by Gasteiger charge is -2.36.